The van der Waals surface area contributed by atoms with Crippen molar-refractivity contribution in [3.8, 4) is 10.6 Å². The number of ether oxygens (including phenoxy) is 1. The summed E-state index contributed by atoms with van der Waals surface area (Å²) in [5.74, 6) is 0.694. The van der Waals surface area contributed by atoms with Gasteiger partial charge in [0.15, 0.2) is 0 Å². The molecule has 3 aromatic heterocycles. The van der Waals surface area contributed by atoms with Gasteiger partial charge in [0, 0.05) is 43.8 Å². The summed E-state index contributed by atoms with van der Waals surface area (Å²) in [4.78, 5) is 38.0. The second-order valence-electron chi connectivity index (χ2n) is 9.09. The molecule has 4 aromatic rings. The van der Waals surface area contributed by atoms with Gasteiger partial charge in [0.25, 0.3) is 0 Å². The molecule has 1 aliphatic heterocycles. The normalized spacial score (nSPS) is 14.7. The molecule has 0 bridgehead atoms. The van der Waals surface area contributed by atoms with Crippen molar-refractivity contribution in [3.05, 3.63) is 52.0 Å². The number of aromatic nitrogens is 2. The average Bonchev–Trinajstić information content (AvgIpc) is 3.23. The number of carbonyl (C=O) groups is 1. The molecule has 1 fully saturated rings. The molecule has 34 heavy (non-hydrogen) atoms. The third kappa shape index (κ3) is 4.45. The molecule has 0 saturated carbocycles. The monoisotopic (exact) mass is 498 g/mol. The first-order chi connectivity index (χ1) is 16.2. The summed E-state index contributed by atoms with van der Waals surface area (Å²) in [6.07, 6.45) is 1.38. The highest BCUT2D eigenvalue weighted by Gasteiger charge is 2.26. The van der Waals surface area contributed by atoms with Crippen LogP contribution in [0.1, 0.15) is 20.8 Å². The van der Waals surface area contributed by atoms with Gasteiger partial charge in [0.05, 0.1) is 15.3 Å². The molecule has 10 heteroatoms. The summed E-state index contributed by atoms with van der Waals surface area (Å²) in [7, 11) is 0. The summed E-state index contributed by atoms with van der Waals surface area (Å²) in [6.45, 7) is 7.82. The van der Waals surface area contributed by atoms with E-state index < -0.39 is 11.2 Å². The number of rotatable bonds is 2. The summed E-state index contributed by atoms with van der Waals surface area (Å²) < 4.78 is 12.0. The number of piperazine rings is 1. The van der Waals surface area contributed by atoms with Crippen molar-refractivity contribution in [2.24, 2.45) is 0 Å². The van der Waals surface area contributed by atoms with Crippen molar-refractivity contribution < 1.29 is 13.9 Å². The number of pyridine rings is 1. The number of fused-ring (bicyclic) bond motifs is 2. The van der Waals surface area contributed by atoms with E-state index >= 15 is 0 Å². The number of halogens is 1. The summed E-state index contributed by atoms with van der Waals surface area (Å²) >= 11 is 7.63. The van der Waals surface area contributed by atoms with Crippen LogP contribution in [-0.2, 0) is 4.74 Å². The summed E-state index contributed by atoms with van der Waals surface area (Å²) in [6, 6.07) is 9.06. The minimum Gasteiger partial charge on any atom is -0.444 e. The quantitative estimate of drug-likeness (QED) is 0.376. The smallest absolute Gasteiger partial charge is 0.410 e. The second-order valence-corrected chi connectivity index (χ2v) is 10.5. The van der Waals surface area contributed by atoms with Crippen molar-refractivity contribution in [2.45, 2.75) is 26.4 Å². The lowest BCUT2D eigenvalue weighted by atomic mass is 10.2. The maximum atomic E-state index is 12.8. The lowest BCUT2D eigenvalue weighted by molar-refractivity contribution is 0.0240. The van der Waals surface area contributed by atoms with Gasteiger partial charge in [-0.05, 0) is 39.0 Å². The molecule has 1 aliphatic rings. The first-order valence-corrected chi connectivity index (χ1v) is 12.1. The molecule has 8 nitrogen and oxygen atoms in total. The fraction of sp³-hybridized carbons (Fsp3) is 0.333. The van der Waals surface area contributed by atoms with Gasteiger partial charge in [-0.25, -0.2) is 19.6 Å². The maximum absolute atomic E-state index is 12.8. The highest BCUT2D eigenvalue weighted by molar-refractivity contribution is 7.21. The second kappa shape index (κ2) is 8.56. The number of carbonyl (C=O) groups excluding carboxylic acids is 1. The van der Waals surface area contributed by atoms with Gasteiger partial charge in [-0.15, -0.1) is 11.3 Å². The van der Waals surface area contributed by atoms with Crippen LogP contribution in [-0.4, -0.2) is 52.7 Å². The SMILES string of the molecule is CC(C)(C)OC(=O)N1CCN(c2cc3oc(=O)c(-c4nc5c(Cl)cccc5s4)cc3cn2)CC1. The van der Waals surface area contributed by atoms with Crippen LogP contribution in [0.3, 0.4) is 0 Å². The molecular weight excluding hydrogens is 476 g/mol. The first-order valence-electron chi connectivity index (χ1n) is 10.9. The van der Waals surface area contributed by atoms with E-state index in [2.05, 4.69) is 14.9 Å². The lowest BCUT2D eigenvalue weighted by Crippen LogP contribution is -2.50. The van der Waals surface area contributed by atoms with Gasteiger partial charge in [-0.3, -0.25) is 0 Å². The van der Waals surface area contributed by atoms with Crippen LogP contribution in [0.4, 0.5) is 10.6 Å². The molecule has 5 rings (SSSR count). The summed E-state index contributed by atoms with van der Waals surface area (Å²) in [5.41, 5.74) is 0.511. The Morgan fingerprint density at radius 3 is 2.65 bits per heavy atom. The van der Waals surface area contributed by atoms with Crippen LogP contribution in [0, 0.1) is 0 Å². The molecule has 0 aliphatic carbocycles. The Morgan fingerprint density at radius 2 is 1.94 bits per heavy atom. The zero-order chi connectivity index (χ0) is 24.0. The predicted octanol–water partition coefficient (Wildman–Crippen LogP) is 5.18. The zero-order valence-electron chi connectivity index (χ0n) is 19.0. The van der Waals surface area contributed by atoms with Crippen molar-refractivity contribution in [2.75, 3.05) is 31.1 Å². The Morgan fingerprint density at radius 1 is 1.18 bits per heavy atom. The summed E-state index contributed by atoms with van der Waals surface area (Å²) in [5, 5.41) is 1.81. The van der Waals surface area contributed by atoms with E-state index in [1.165, 1.54) is 11.3 Å². The third-order valence-corrected chi connectivity index (χ3v) is 6.82. The Balaban J connectivity index is 1.37. The molecule has 1 aromatic carbocycles. The highest BCUT2D eigenvalue weighted by Crippen LogP contribution is 2.33. The molecule has 0 atom stereocenters. The van der Waals surface area contributed by atoms with E-state index in [-0.39, 0.29) is 6.09 Å². The minimum absolute atomic E-state index is 0.312. The lowest BCUT2D eigenvalue weighted by Gasteiger charge is -2.36. The largest absolute Gasteiger partial charge is 0.444 e. The van der Waals surface area contributed by atoms with E-state index in [0.717, 1.165) is 4.70 Å². The van der Waals surface area contributed by atoms with Gasteiger partial charge >= 0.3 is 11.7 Å². The highest BCUT2D eigenvalue weighted by atomic mass is 35.5. The van der Waals surface area contributed by atoms with E-state index in [1.807, 2.05) is 32.9 Å². The third-order valence-electron chi connectivity index (χ3n) is 5.46. The Labute approximate surface area is 204 Å². The van der Waals surface area contributed by atoms with Gasteiger partial charge in [-0.1, -0.05) is 17.7 Å². The standard InChI is InChI=1S/C24H23ClN4O4S/c1-24(2,3)33-23(31)29-9-7-28(8-10-29)19-12-17-14(13-26-19)11-15(22(30)32-17)21-27-20-16(25)5-4-6-18(20)34-21/h4-6,11-13H,7-10H2,1-3H3. The molecule has 176 valence electrons. The van der Waals surface area contributed by atoms with Crippen molar-refractivity contribution >= 4 is 56.0 Å². The van der Waals surface area contributed by atoms with Crippen LogP contribution in [0.25, 0.3) is 31.8 Å². The number of benzene rings is 1. The number of amides is 1. The van der Waals surface area contributed by atoms with Gasteiger partial charge < -0.3 is 19.0 Å². The Hall–Kier alpha value is -3.17. The van der Waals surface area contributed by atoms with Crippen molar-refractivity contribution in [1.29, 1.82) is 0 Å². The van der Waals surface area contributed by atoms with Crippen LogP contribution in [0.5, 0.6) is 0 Å². The van der Waals surface area contributed by atoms with E-state index in [0.29, 0.717) is 64.1 Å². The number of thiazole rings is 1. The number of hydrogen-bond acceptors (Lipinski definition) is 8. The molecule has 0 spiro atoms. The zero-order valence-corrected chi connectivity index (χ0v) is 20.6. The first kappa shape index (κ1) is 22.6. The van der Waals surface area contributed by atoms with Gasteiger partial charge in [0.2, 0.25) is 0 Å². The predicted molar refractivity (Wildman–Crippen MR) is 134 cm³/mol. The fourth-order valence-electron chi connectivity index (χ4n) is 3.80. The van der Waals surface area contributed by atoms with Crippen LogP contribution in [0.15, 0.2) is 45.7 Å². The molecule has 1 saturated heterocycles. The molecule has 0 unspecified atom stereocenters. The van der Waals surface area contributed by atoms with Crippen LogP contribution >= 0.6 is 22.9 Å². The van der Waals surface area contributed by atoms with Crippen molar-refractivity contribution in [3.63, 3.8) is 0 Å². The van der Waals surface area contributed by atoms with Crippen LogP contribution in [0.2, 0.25) is 5.02 Å². The molecule has 0 N–H and O–H groups in total. The number of para-hydroxylation sites is 1. The number of hydrogen-bond donors (Lipinski definition) is 0. The molecule has 1 amide bonds. The topological polar surface area (TPSA) is 88.8 Å². The van der Waals surface area contributed by atoms with E-state index in [1.54, 1.807) is 29.3 Å². The molecular formula is C24H23ClN4O4S. The maximum Gasteiger partial charge on any atom is 0.410 e. The van der Waals surface area contributed by atoms with E-state index in [9.17, 15) is 9.59 Å². The van der Waals surface area contributed by atoms with Gasteiger partial charge in [-0.2, -0.15) is 0 Å². The van der Waals surface area contributed by atoms with Crippen molar-refractivity contribution in [1.82, 2.24) is 14.9 Å². The minimum atomic E-state index is -0.526. The van der Waals surface area contributed by atoms with Gasteiger partial charge in [0.1, 0.15) is 27.5 Å². The Kier molecular flexibility index (Phi) is 5.69. The number of nitrogens with zero attached hydrogens (tertiary/aromatic N) is 4. The Bertz CT molecular complexity index is 1450. The fourth-order valence-corrected chi connectivity index (χ4v) is 5.07. The average molecular weight is 499 g/mol. The molecule has 4 heterocycles. The van der Waals surface area contributed by atoms with Crippen LogP contribution < -0.4 is 10.5 Å². The number of anilines is 1. The molecule has 0 radical (unpaired) electrons. The van der Waals surface area contributed by atoms with E-state index in [4.69, 9.17) is 20.8 Å².